The molecule has 0 radical (unpaired) electrons. The lowest BCUT2D eigenvalue weighted by molar-refractivity contribution is -0.384. The summed E-state index contributed by atoms with van der Waals surface area (Å²) >= 11 is 9.61. The molecule has 1 aromatic heterocycles. The number of nitro benzene ring substituents is 1. The first-order valence-corrected chi connectivity index (χ1v) is 9.11. The van der Waals surface area contributed by atoms with Crippen LogP contribution in [0.1, 0.15) is 10.9 Å². The second kappa shape index (κ2) is 6.84. The van der Waals surface area contributed by atoms with Crippen LogP contribution in [0.3, 0.4) is 0 Å². The second-order valence-electron chi connectivity index (χ2n) is 4.04. The topological polar surface area (TPSA) is 101 Å². The quantitative estimate of drug-likeness (QED) is 0.362. The Bertz CT molecular complexity index is 713. The van der Waals surface area contributed by atoms with Gasteiger partial charge in [-0.05, 0) is 23.9 Å². The van der Waals surface area contributed by atoms with Crippen LogP contribution in [-0.4, -0.2) is 29.3 Å². The summed E-state index contributed by atoms with van der Waals surface area (Å²) in [6, 6.07) is 5.78. The molecular formula is C11H12N3O5PS2. The summed E-state index contributed by atoms with van der Waals surface area (Å²) in [6.45, 7) is -2.68. The highest BCUT2D eigenvalue weighted by atomic mass is 32.5. The molecule has 0 saturated carbocycles. The molecule has 0 aliphatic heterocycles. The number of non-ortho nitro benzene ring substituents is 1. The Kier molecular flexibility index (Phi) is 5.30. The van der Waals surface area contributed by atoms with Gasteiger partial charge in [0.25, 0.3) is 5.69 Å². The van der Waals surface area contributed by atoms with E-state index in [2.05, 4.69) is 22.8 Å². The molecular weight excluding hydrogens is 349 g/mol. The largest absolute Gasteiger partial charge is 0.337 e. The van der Waals surface area contributed by atoms with Crippen LogP contribution in [0, 0.1) is 10.1 Å². The third kappa shape index (κ3) is 3.36. The molecule has 118 valence electrons. The standard InChI is InChI=1S/C11H12N3O5PS2/c1-17-20(22,18-2)11(21)10-12-9(13-19-10)7-3-5-8(6-4-7)14(15)16/h3-6,11,21H,1-2H3. The van der Waals surface area contributed by atoms with E-state index in [0.717, 1.165) is 0 Å². The number of thiol groups is 1. The first-order chi connectivity index (χ1) is 10.4. The van der Waals surface area contributed by atoms with E-state index in [1.165, 1.54) is 38.5 Å². The summed E-state index contributed by atoms with van der Waals surface area (Å²) in [5, 5.41) is 14.4. The van der Waals surface area contributed by atoms with Gasteiger partial charge in [0.15, 0.2) is 4.99 Å². The lowest BCUT2D eigenvalue weighted by atomic mass is 10.2. The van der Waals surface area contributed by atoms with E-state index < -0.39 is 16.4 Å². The van der Waals surface area contributed by atoms with Crippen LogP contribution in [-0.2, 0) is 20.9 Å². The Labute approximate surface area is 136 Å². The summed E-state index contributed by atoms with van der Waals surface area (Å²) in [5.74, 6) is 0.446. The molecule has 1 aromatic carbocycles. The zero-order valence-corrected chi connectivity index (χ0v) is 14.2. The number of aromatic nitrogens is 2. The molecule has 11 heteroatoms. The monoisotopic (exact) mass is 361 g/mol. The summed E-state index contributed by atoms with van der Waals surface area (Å²) in [4.78, 5) is 13.7. The van der Waals surface area contributed by atoms with E-state index in [-0.39, 0.29) is 17.4 Å². The van der Waals surface area contributed by atoms with Gasteiger partial charge in [0.1, 0.15) is 0 Å². The summed E-state index contributed by atoms with van der Waals surface area (Å²) < 4.78 is 15.5. The van der Waals surface area contributed by atoms with E-state index in [0.29, 0.717) is 5.56 Å². The van der Waals surface area contributed by atoms with Crippen molar-refractivity contribution in [1.82, 2.24) is 10.1 Å². The molecule has 0 aliphatic rings. The summed E-state index contributed by atoms with van der Waals surface area (Å²) in [6.07, 6.45) is 0. The van der Waals surface area contributed by atoms with Gasteiger partial charge in [0.2, 0.25) is 18.2 Å². The van der Waals surface area contributed by atoms with Crippen LogP contribution in [0.5, 0.6) is 0 Å². The fraction of sp³-hybridized carbons (Fsp3) is 0.273. The molecule has 2 aromatic rings. The number of hydrogen-bond donors (Lipinski definition) is 1. The molecule has 1 heterocycles. The van der Waals surface area contributed by atoms with Gasteiger partial charge in [-0.1, -0.05) is 5.16 Å². The van der Waals surface area contributed by atoms with Crippen molar-refractivity contribution in [1.29, 1.82) is 0 Å². The van der Waals surface area contributed by atoms with Gasteiger partial charge < -0.3 is 13.6 Å². The molecule has 0 saturated heterocycles. The van der Waals surface area contributed by atoms with E-state index in [1.807, 2.05) is 0 Å². The average Bonchev–Trinajstić information content (AvgIpc) is 3.03. The predicted octanol–water partition coefficient (Wildman–Crippen LogP) is 3.18. The third-order valence-electron chi connectivity index (χ3n) is 2.81. The van der Waals surface area contributed by atoms with Crippen molar-refractivity contribution in [2.75, 3.05) is 14.2 Å². The van der Waals surface area contributed by atoms with Gasteiger partial charge in [-0.15, -0.1) is 0 Å². The molecule has 0 N–H and O–H groups in total. The SMILES string of the molecule is COP(=S)(OC)C(S)c1nc(-c2ccc([N+](=O)[O-])cc2)no1. The van der Waals surface area contributed by atoms with Crippen LogP contribution in [0.4, 0.5) is 5.69 Å². The minimum atomic E-state index is -2.68. The molecule has 2 rings (SSSR count). The van der Waals surface area contributed by atoms with Gasteiger partial charge >= 0.3 is 0 Å². The molecule has 1 unspecified atom stereocenters. The Morgan fingerprint density at radius 1 is 1.36 bits per heavy atom. The van der Waals surface area contributed by atoms with E-state index >= 15 is 0 Å². The number of benzene rings is 1. The molecule has 8 nitrogen and oxygen atoms in total. The Balaban J connectivity index is 2.28. The van der Waals surface area contributed by atoms with Crippen molar-refractivity contribution in [3.05, 3.63) is 40.3 Å². The Morgan fingerprint density at radius 2 is 1.95 bits per heavy atom. The maximum atomic E-state index is 10.6. The molecule has 0 spiro atoms. The minimum absolute atomic E-state index is 0.0196. The number of nitro groups is 1. The number of hydrogen-bond acceptors (Lipinski definition) is 9. The third-order valence-corrected chi connectivity index (χ3v) is 7.77. The van der Waals surface area contributed by atoms with Gasteiger partial charge in [0.05, 0.1) is 4.92 Å². The van der Waals surface area contributed by atoms with Crippen LogP contribution >= 0.6 is 19.1 Å². The minimum Gasteiger partial charge on any atom is -0.337 e. The Morgan fingerprint density at radius 3 is 2.45 bits per heavy atom. The summed E-state index contributed by atoms with van der Waals surface area (Å²) in [7, 11) is 2.86. The highest BCUT2D eigenvalue weighted by Crippen LogP contribution is 2.61. The van der Waals surface area contributed by atoms with Gasteiger partial charge in [-0.2, -0.15) is 17.6 Å². The van der Waals surface area contributed by atoms with Crippen LogP contribution in [0.25, 0.3) is 11.4 Å². The van der Waals surface area contributed by atoms with Gasteiger partial charge in [-0.25, -0.2) is 0 Å². The zero-order valence-electron chi connectivity index (χ0n) is 11.6. The van der Waals surface area contributed by atoms with Crippen molar-refractivity contribution >= 4 is 36.6 Å². The van der Waals surface area contributed by atoms with Crippen molar-refractivity contribution in [2.24, 2.45) is 0 Å². The lowest BCUT2D eigenvalue weighted by Crippen LogP contribution is -1.97. The van der Waals surface area contributed by atoms with Gasteiger partial charge in [0, 0.05) is 31.9 Å². The fourth-order valence-electron chi connectivity index (χ4n) is 1.60. The molecule has 22 heavy (non-hydrogen) atoms. The average molecular weight is 361 g/mol. The summed E-state index contributed by atoms with van der Waals surface area (Å²) in [5.41, 5.74) is 0.554. The molecule has 1 atom stereocenters. The zero-order chi connectivity index (χ0) is 16.3. The first-order valence-electron chi connectivity index (χ1n) is 5.89. The molecule has 0 amide bonds. The predicted molar refractivity (Wildman–Crippen MR) is 86.4 cm³/mol. The van der Waals surface area contributed by atoms with Crippen LogP contribution in [0.15, 0.2) is 28.8 Å². The molecule has 0 aliphatic carbocycles. The van der Waals surface area contributed by atoms with Crippen molar-refractivity contribution in [3.63, 3.8) is 0 Å². The number of nitrogens with zero attached hydrogens (tertiary/aromatic N) is 3. The Hall–Kier alpha value is -1.32. The van der Waals surface area contributed by atoms with Crippen molar-refractivity contribution < 1.29 is 18.5 Å². The highest BCUT2D eigenvalue weighted by Gasteiger charge is 2.32. The lowest BCUT2D eigenvalue weighted by Gasteiger charge is -2.20. The normalized spacial score (nSPS) is 13.0. The highest BCUT2D eigenvalue weighted by molar-refractivity contribution is 8.14. The molecule has 0 bridgehead atoms. The van der Waals surface area contributed by atoms with Crippen LogP contribution < -0.4 is 0 Å². The maximum Gasteiger partial charge on any atom is 0.269 e. The first kappa shape index (κ1) is 17.0. The van der Waals surface area contributed by atoms with Crippen molar-refractivity contribution in [3.8, 4) is 11.4 Å². The maximum absolute atomic E-state index is 10.6. The van der Waals surface area contributed by atoms with E-state index in [4.69, 9.17) is 25.4 Å². The second-order valence-corrected chi connectivity index (χ2v) is 8.82. The van der Waals surface area contributed by atoms with Crippen LogP contribution in [0.2, 0.25) is 0 Å². The van der Waals surface area contributed by atoms with Gasteiger partial charge in [-0.3, -0.25) is 10.1 Å². The van der Waals surface area contributed by atoms with E-state index in [1.54, 1.807) is 0 Å². The van der Waals surface area contributed by atoms with Crippen molar-refractivity contribution in [2.45, 2.75) is 4.99 Å². The fourth-order valence-corrected chi connectivity index (χ4v) is 3.46. The smallest absolute Gasteiger partial charge is 0.269 e. The number of rotatable bonds is 6. The molecule has 0 fully saturated rings. The van der Waals surface area contributed by atoms with E-state index in [9.17, 15) is 10.1 Å².